The number of benzene rings is 1. The van der Waals surface area contributed by atoms with Crippen molar-refractivity contribution in [2.75, 3.05) is 13.1 Å². The lowest BCUT2D eigenvalue weighted by atomic mass is 9.92. The summed E-state index contributed by atoms with van der Waals surface area (Å²) < 4.78 is 40.5. The van der Waals surface area contributed by atoms with E-state index in [1.54, 1.807) is 4.90 Å². The van der Waals surface area contributed by atoms with Crippen LogP contribution in [0.3, 0.4) is 0 Å². The molecule has 1 aromatic carbocycles. The van der Waals surface area contributed by atoms with Gasteiger partial charge in [0.2, 0.25) is 5.91 Å². The van der Waals surface area contributed by atoms with Crippen molar-refractivity contribution in [1.29, 1.82) is 0 Å². The first-order chi connectivity index (χ1) is 12.2. The van der Waals surface area contributed by atoms with E-state index in [-0.39, 0.29) is 18.2 Å². The molecule has 0 spiro atoms. The fraction of sp³-hybridized carbons (Fsp3) is 0.556. The zero-order valence-corrected chi connectivity index (χ0v) is 14.1. The van der Waals surface area contributed by atoms with Crippen molar-refractivity contribution in [3.8, 4) is 5.75 Å². The average molecular weight is 371 g/mol. The van der Waals surface area contributed by atoms with Crippen LogP contribution in [0.4, 0.5) is 13.2 Å². The van der Waals surface area contributed by atoms with Gasteiger partial charge in [0, 0.05) is 13.1 Å². The number of nitrogens with zero attached hydrogens (tertiary/aromatic N) is 1. The van der Waals surface area contributed by atoms with Gasteiger partial charge >= 0.3 is 12.3 Å². The SMILES string of the molecule is O=C(O)[C@H]1CCCN(C(=O)C2(Cc3ccc(OC(F)(F)F)cc3)CC2)C1. The summed E-state index contributed by atoms with van der Waals surface area (Å²) in [5, 5.41) is 9.17. The Morgan fingerprint density at radius 1 is 1.23 bits per heavy atom. The average Bonchev–Trinajstić information content (AvgIpc) is 3.35. The highest BCUT2D eigenvalue weighted by molar-refractivity contribution is 5.86. The van der Waals surface area contributed by atoms with Crippen LogP contribution in [-0.2, 0) is 16.0 Å². The predicted molar refractivity (Wildman–Crippen MR) is 85.4 cm³/mol. The van der Waals surface area contributed by atoms with Crippen LogP contribution in [0, 0.1) is 11.3 Å². The summed E-state index contributed by atoms with van der Waals surface area (Å²) in [6.07, 6.45) is -1.63. The van der Waals surface area contributed by atoms with Gasteiger partial charge in [-0.1, -0.05) is 12.1 Å². The maximum Gasteiger partial charge on any atom is 0.573 e. The Morgan fingerprint density at radius 3 is 2.42 bits per heavy atom. The molecule has 0 aromatic heterocycles. The maximum absolute atomic E-state index is 12.9. The van der Waals surface area contributed by atoms with Crippen LogP contribution in [0.5, 0.6) is 5.75 Å². The van der Waals surface area contributed by atoms with Gasteiger partial charge in [0.05, 0.1) is 11.3 Å². The Bertz CT molecular complexity index is 683. The highest BCUT2D eigenvalue weighted by Gasteiger charge is 2.52. The first-order valence-corrected chi connectivity index (χ1v) is 8.55. The van der Waals surface area contributed by atoms with Crippen LogP contribution < -0.4 is 4.74 Å². The van der Waals surface area contributed by atoms with Gasteiger partial charge in [-0.2, -0.15) is 0 Å². The highest BCUT2D eigenvalue weighted by atomic mass is 19.4. The molecule has 8 heteroatoms. The lowest BCUT2D eigenvalue weighted by Gasteiger charge is -2.33. The Balaban J connectivity index is 1.64. The predicted octanol–water partition coefficient (Wildman–Crippen LogP) is 3.23. The molecule has 1 aromatic rings. The largest absolute Gasteiger partial charge is 0.573 e. The Hall–Kier alpha value is -2.25. The number of rotatable bonds is 5. The Morgan fingerprint density at radius 2 is 1.88 bits per heavy atom. The molecule has 5 nitrogen and oxygen atoms in total. The summed E-state index contributed by atoms with van der Waals surface area (Å²) in [4.78, 5) is 25.7. The molecule has 2 aliphatic rings. The van der Waals surface area contributed by atoms with Crippen LogP contribution in [0.15, 0.2) is 24.3 Å². The van der Waals surface area contributed by atoms with Crippen molar-refractivity contribution in [2.24, 2.45) is 11.3 Å². The fourth-order valence-corrected chi connectivity index (χ4v) is 3.52. The lowest BCUT2D eigenvalue weighted by Crippen LogP contribution is -2.46. The topological polar surface area (TPSA) is 66.8 Å². The van der Waals surface area contributed by atoms with Crippen molar-refractivity contribution >= 4 is 11.9 Å². The number of halogens is 3. The minimum atomic E-state index is -4.73. The molecular weight excluding hydrogens is 351 g/mol. The molecule has 142 valence electrons. The third kappa shape index (κ3) is 4.28. The van der Waals surface area contributed by atoms with Gasteiger partial charge in [0.1, 0.15) is 5.75 Å². The zero-order valence-electron chi connectivity index (χ0n) is 14.1. The minimum absolute atomic E-state index is 0.0425. The highest BCUT2D eigenvalue weighted by Crippen LogP contribution is 2.50. The van der Waals surface area contributed by atoms with Crippen molar-refractivity contribution < 1.29 is 32.6 Å². The fourth-order valence-electron chi connectivity index (χ4n) is 3.52. The number of amides is 1. The van der Waals surface area contributed by atoms with Gasteiger partial charge in [-0.25, -0.2) is 0 Å². The van der Waals surface area contributed by atoms with Crippen molar-refractivity contribution in [2.45, 2.75) is 38.5 Å². The minimum Gasteiger partial charge on any atom is -0.481 e. The number of alkyl halides is 3. The molecule has 1 aliphatic heterocycles. The van der Waals surface area contributed by atoms with E-state index in [1.807, 2.05) is 0 Å². The van der Waals surface area contributed by atoms with Gasteiger partial charge in [-0.3, -0.25) is 9.59 Å². The zero-order chi connectivity index (χ0) is 18.9. The molecule has 2 fully saturated rings. The molecule has 26 heavy (non-hydrogen) atoms. The summed E-state index contributed by atoms with van der Waals surface area (Å²) in [5.41, 5.74) is 0.212. The van der Waals surface area contributed by atoms with Crippen molar-refractivity contribution in [1.82, 2.24) is 4.90 Å². The van der Waals surface area contributed by atoms with E-state index in [2.05, 4.69) is 4.74 Å². The summed E-state index contributed by atoms with van der Waals surface area (Å²) >= 11 is 0. The van der Waals surface area contributed by atoms with E-state index in [0.29, 0.717) is 38.6 Å². The van der Waals surface area contributed by atoms with Crippen LogP contribution in [-0.4, -0.2) is 41.3 Å². The smallest absolute Gasteiger partial charge is 0.481 e. The molecule has 0 unspecified atom stereocenters. The van der Waals surface area contributed by atoms with Gasteiger partial charge in [0.25, 0.3) is 0 Å². The monoisotopic (exact) mass is 371 g/mol. The van der Waals surface area contributed by atoms with Crippen LogP contribution in [0.2, 0.25) is 0 Å². The lowest BCUT2D eigenvalue weighted by molar-refractivity contribution is -0.274. The number of ether oxygens (including phenoxy) is 1. The summed E-state index contributed by atoms with van der Waals surface area (Å²) in [6.45, 7) is 0.789. The van der Waals surface area contributed by atoms with Crippen LogP contribution in [0.25, 0.3) is 0 Å². The maximum atomic E-state index is 12.9. The second-order valence-corrected chi connectivity index (χ2v) is 7.08. The van der Waals surface area contributed by atoms with Gasteiger partial charge < -0.3 is 14.7 Å². The van der Waals surface area contributed by atoms with E-state index in [0.717, 1.165) is 5.56 Å². The van der Waals surface area contributed by atoms with E-state index in [4.69, 9.17) is 5.11 Å². The standard InChI is InChI=1S/C18H20F3NO4/c19-18(20,21)26-14-5-3-12(4-6-14)10-17(7-8-17)16(25)22-9-1-2-13(11-22)15(23)24/h3-6,13H,1-2,7-11H2,(H,23,24)/t13-/m0/s1. The molecule has 0 bridgehead atoms. The molecule has 3 rings (SSSR count). The second kappa shape index (κ2) is 6.81. The second-order valence-electron chi connectivity index (χ2n) is 7.08. The molecule has 1 saturated heterocycles. The molecule has 1 N–H and O–H groups in total. The van der Waals surface area contributed by atoms with Crippen molar-refractivity contribution in [3.63, 3.8) is 0 Å². The number of carboxylic acids is 1. The molecule has 0 radical (unpaired) electrons. The first-order valence-electron chi connectivity index (χ1n) is 8.55. The number of hydrogen-bond donors (Lipinski definition) is 1. The number of likely N-dealkylation sites (tertiary alicyclic amines) is 1. The van der Waals surface area contributed by atoms with E-state index in [1.165, 1.54) is 24.3 Å². The van der Waals surface area contributed by atoms with Crippen molar-refractivity contribution in [3.05, 3.63) is 29.8 Å². The summed E-state index contributed by atoms with van der Waals surface area (Å²) in [6, 6.07) is 5.55. The third-order valence-electron chi connectivity index (χ3n) is 5.06. The van der Waals surface area contributed by atoms with E-state index in [9.17, 15) is 22.8 Å². The van der Waals surface area contributed by atoms with Gasteiger partial charge in [-0.05, 0) is 49.8 Å². The molecule has 1 heterocycles. The van der Waals surface area contributed by atoms with Crippen LogP contribution >= 0.6 is 0 Å². The quantitative estimate of drug-likeness (QED) is 0.863. The molecular formula is C18H20F3NO4. The van der Waals surface area contributed by atoms with Gasteiger partial charge in [0.15, 0.2) is 0 Å². The summed E-state index contributed by atoms with van der Waals surface area (Å²) in [7, 11) is 0. The van der Waals surface area contributed by atoms with Crippen LogP contribution in [0.1, 0.15) is 31.2 Å². The number of carbonyl (C=O) groups excluding carboxylic acids is 1. The Kier molecular flexibility index (Phi) is 4.86. The number of carboxylic acid groups (broad SMARTS) is 1. The molecule has 1 aliphatic carbocycles. The Labute approximate surface area is 148 Å². The number of hydrogen-bond acceptors (Lipinski definition) is 3. The molecule has 1 amide bonds. The molecule has 1 atom stereocenters. The number of aliphatic carboxylic acids is 1. The third-order valence-corrected chi connectivity index (χ3v) is 5.06. The van der Waals surface area contributed by atoms with E-state index < -0.39 is 23.7 Å². The number of carbonyl (C=O) groups is 2. The summed E-state index contributed by atoms with van der Waals surface area (Å²) in [5.74, 6) is -1.74. The first kappa shape index (κ1) is 18.5. The normalized spacial score (nSPS) is 22.0. The number of piperidine rings is 1. The van der Waals surface area contributed by atoms with Gasteiger partial charge in [-0.15, -0.1) is 13.2 Å². The van der Waals surface area contributed by atoms with E-state index >= 15 is 0 Å². The molecule has 1 saturated carbocycles.